The molecular weight excluding hydrogens is 332 g/mol. The van der Waals surface area contributed by atoms with Gasteiger partial charge >= 0.3 is 5.97 Å². The Bertz CT molecular complexity index is 795. The van der Waals surface area contributed by atoms with Crippen molar-refractivity contribution in [3.63, 3.8) is 0 Å². The van der Waals surface area contributed by atoms with Crippen LogP contribution in [0.1, 0.15) is 37.1 Å². The molecule has 2 aliphatic heterocycles. The second-order valence-corrected chi connectivity index (χ2v) is 7.68. The number of allylic oxidation sites excluding steroid dienone is 1. The molecule has 0 aromatic carbocycles. The number of carbonyl (C=O) groups excluding carboxylic acids is 1. The van der Waals surface area contributed by atoms with Crippen molar-refractivity contribution in [3.8, 4) is 0 Å². The van der Waals surface area contributed by atoms with Gasteiger partial charge in [0.1, 0.15) is 0 Å². The largest absolute Gasteiger partial charge is 0.469 e. The van der Waals surface area contributed by atoms with Gasteiger partial charge in [0.05, 0.1) is 19.1 Å². The Morgan fingerprint density at radius 1 is 1.38 bits per heavy atom. The van der Waals surface area contributed by atoms with Crippen LogP contribution in [0.4, 0.5) is 0 Å². The van der Waals surface area contributed by atoms with Gasteiger partial charge in [0.15, 0.2) is 0 Å². The van der Waals surface area contributed by atoms with Crippen LogP contribution < -0.4 is 5.56 Å². The number of nitrogens with zero attached hydrogens (tertiary/aromatic N) is 2. The summed E-state index contributed by atoms with van der Waals surface area (Å²) in [5.74, 6) is -0.280. The van der Waals surface area contributed by atoms with Crippen LogP contribution in [0.15, 0.2) is 23.0 Å². The molecule has 1 saturated carbocycles. The smallest absolute Gasteiger partial charge is 0.311 e. The van der Waals surface area contributed by atoms with E-state index < -0.39 is 5.92 Å². The zero-order valence-electron chi connectivity index (χ0n) is 15.3. The summed E-state index contributed by atoms with van der Waals surface area (Å²) in [6.45, 7) is 3.25. The Kier molecular flexibility index (Phi) is 4.49. The number of fused-ring (bicyclic) bond motifs is 4. The summed E-state index contributed by atoms with van der Waals surface area (Å²) in [7, 11) is 1.40. The molecule has 2 bridgehead atoms. The van der Waals surface area contributed by atoms with Crippen LogP contribution in [-0.4, -0.2) is 46.8 Å². The van der Waals surface area contributed by atoms with E-state index in [0.717, 1.165) is 12.2 Å². The number of aliphatic hydroxyl groups excluding tert-OH is 1. The SMILES string of the molecule is C/C=C/c1ccc2n(c1=O)C[C@H]1[C@H](CO)[C@@H](C(=O)OC)[C@@H]2N1CC1CC1. The van der Waals surface area contributed by atoms with Crippen molar-refractivity contribution in [1.29, 1.82) is 0 Å². The van der Waals surface area contributed by atoms with Gasteiger partial charge in [0.2, 0.25) is 0 Å². The Balaban J connectivity index is 1.83. The number of ether oxygens (including phenoxy) is 1. The van der Waals surface area contributed by atoms with E-state index in [4.69, 9.17) is 4.74 Å². The molecule has 6 nitrogen and oxygen atoms in total. The summed E-state index contributed by atoms with van der Waals surface area (Å²) in [5, 5.41) is 10.0. The standard InChI is InChI=1S/C20H26N2O4/c1-3-4-13-7-8-15-18-17(20(25)26-2)14(11-23)16(10-22(15)19(13)24)21(18)9-12-5-6-12/h3-4,7-8,12,14,16-18,23H,5-6,9-11H2,1-2H3/b4-3+/t14-,16-,17+,18+/m0/s1. The molecule has 0 amide bonds. The highest BCUT2D eigenvalue weighted by molar-refractivity contribution is 5.75. The van der Waals surface area contributed by atoms with E-state index >= 15 is 0 Å². The highest BCUT2D eigenvalue weighted by Crippen LogP contribution is 2.50. The van der Waals surface area contributed by atoms with Crippen LogP contribution >= 0.6 is 0 Å². The first kappa shape index (κ1) is 17.5. The number of carbonyl (C=O) groups is 1. The van der Waals surface area contributed by atoms with Crippen molar-refractivity contribution in [2.75, 3.05) is 20.3 Å². The molecule has 1 aromatic heterocycles. The van der Waals surface area contributed by atoms with Crippen molar-refractivity contribution >= 4 is 12.0 Å². The molecule has 0 spiro atoms. The lowest BCUT2D eigenvalue weighted by Crippen LogP contribution is -2.47. The summed E-state index contributed by atoms with van der Waals surface area (Å²) in [4.78, 5) is 27.8. The van der Waals surface area contributed by atoms with Gasteiger partial charge in [0, 0.05) is 42.9 Å². The predicted octanol–water partition coefficient (Wildman–Crippen LogP) is 1.43. The minimum Gasteiger partial charge on any atom is -0.469 e. The second-order valence-electron chi connectivity index (χ2n) is 7.68. The van der Waals surface area contributed by atoms with Crippen molar-refractivity contribution in [2.24, 2.45) is 17.8 Å². The van der Waals surface area contributed by atoms with Crippen molar-refractivity contribution < 1.29 is 14.6 Å². The van der Waals surface area contributed by atoms with Gasteiger partial charge in [-0.15, -0.1) is 0 Å². The summed E-state index contributed by atoms with van der Waals surface area (Å²) in [6.07, 6.45) is 6.11. The predicted molar refractivity (Wildman–Crippen MR) is 97.5 cm³/mol. The molecule has 4 rings (SSSR count). The molecule has 1 N–H and O–H groups in total. The number of rotatable bonds is 5. The molecule has 3 heterocycles. The van der Waals surface area contributed by atoms with Gasteiger partial charge in [-0.2, -0.15) is 0 Å². The fourth-order valence-corrected chi connectivity index (χ4v) is 4.80. The van der Waals surface area contributed by atoms with E-state index in [0.29, 0.717) is 18.0 Å². The number of methoxy groups -OCH3 is 1. The van der Waals surface area contributed by atoms with Crippen molar-refractivity contribution in [2.45, 2.75) is 38.4 Å². The highest BCUT2D eigenvalue weighted by atomic mass is 16.5. The normalized spacial score (nSPS) is 30.6. The first-order chi connectivity index (χ1) is 12.6. The zero-order valence-corrected chi connectivity index (χ0v) is 15.3. The van der Waals surface area contributed by atoms with Gasteiger partial charge in [-0.25, -0.2) is 0 Å². The third-order valence-electron chi connectivity index (χ3n) is 6.19. The molecule has 4 atom stereocenters. The molecule has 1 saturated heterocycles. The van der Waals surface area contributed by atoms with Gasteiger partial charge in [-0.3, -0.25) is 14.5 Å². The first-order valence-corrected chi connectivity index (χ1v) is 9.41. The fraction of sp³-hybridized carbons (Fsp3) is 0.600. The second kappa shape index (κ2) is 6.67. The highest BCUT2D eigenvalue weighted by Gasteiger charge is 2.56. The minimum absolute atomic E-state index is 0.0132. The molecule has 0 unspecified atom stereocenters. The average molecular weight is 358 g/mol. The summed E-state index contributed by atoms with van der Waals surface area (Å²) < 4.78 is 6.88. The van der Waals surface area contributed by atoms with Crippen LogP contribution in [0.5, 0.6) is 0 Å². The maximum absolute atomic E-state index is 12.9. The quantitative estimate of drug-likeness (QED) is 0.806. The average Bonchev–Trinajstić information content (AvgIpc) is 3.42. The van der Waals surface area contributed by atoms with Crippen LogP contribution in [0.2, 0.25) is 0 Å². The molecule has 3 aliphatic rings. The number of aromatic nitrogens is 1. The fourth-order valence-electron chi connectivity index (χ4n) is 4.80. The van der Waals surface area contributed by atoms with Crippen LogP contribution in [0, 0.1) is 17.8 Å². The van der Waals surface area contributed by atoms with E-state index in [-0.39, 0.29) is 36.1 Å². The lowest BCUT2D eigenvalue weighted by Gasteiger charge is -2.38. The number of hydrogen-bond acceptors (Lipinski definition) is 5. The monoisotopic (exact) mass is 358 g/mol. The van der Waals surface area contributed by atoms with E-state index in [9.17, 15) is 14.7 Å². The van der Waals surface area contributed by atoms with E-state index in [1.807, 2.05) is 31.2 Å². The Morgan fingerprint density at radius 2 is 2.15 bits per heavy atom. The lowest BCUT2D eigenvalue weighted by molar-refractivity contribution is -0.148. The lowest BCUT2D eigenvalue weighted by atomic mass is 9.87. The van der Waals surface area contributed by atoms with Crippen LogP contribution in [0.3, 0.4) is 0 Å². The van der Waals surface area contributed by atoms with E-state index in [1.165, 1.54) is 20.0 Å². The molecular formula is C20H26N2O4. The molecule has 0 radical (unpaired) electrons. The van der Waals surface area contributed by atoms with Crippen molar-refractivity contribution in [1.82, 2.24) is 9.47 Å². The maximum atomic E-state index is 12.9. The van der Waals surface area contributed by atoms with Crippen LogP contribution in [-0.2, 0) is 16.1 Å². The molecule has 1 aromatic rings. The summed E-state index contributed by atoms with van der Waals surface area (Å²) in [6, 6.07) is 3.59. The third-order valence-corrected chi connectivity index (χ3v) is 6.19. The summed E-state index contributed by atoms with van der Waals surface area (Å²) >= 11 is 0. The minimum atomic E-state index is -0.436. The number of hydrogen-bond donors (Lipinski definition) is 1. The molecule has 6 heteroatoms. The first-order valence-electron chi connectivity index (χ1n) is 9.41. The Labute approximate surface area is 153 Å². The van der Waals surface area contributed by atoms with Crippen molar-refractivity contribution in [3.05, 3.63) is 39.8 Å². The zero-order chi connectivity index (χ0) is 18.4. The van der Waals surface area contributed by atoms with Gasteiger partial charge in [-0.1, -0.05) is 12.2 Å². The number of aliphatic hydroxyl groups is 1. The number of pyridine rings is 1. The van der Waals surface area contributed by atoms with Crippen LogP contribution in [0.25, 0.3) is 6.08 Å². The summed E-state index contributed by atoms with van der Waals surface area (Å²) in [5.41, 5.74) is 1.50. The Hall–Kier alpha value is -1.92. The maximum Gasteiger partial charge on any atom is 0.311 e. The third kappa shape index (κ3) is 2.63. The van der Waals surface area contributed by atoms with Gasteiger partial charge in [-0.05, 0) is 37.8 Å². The molecule has 1 aliphatic carbocycles. The molecule has 140 valence electrons. The van der Waals surface area contributed by atoms with Gasteiger partial charge in [0.25, 0.3) is 5.56 Å². The van der Waals surface area contributed by atoms with E-state index in [2.05, 4.69) is 4.90 Å². The topological polar surface area (TPSA) is 71.8 Å². The Morgan fingerprint density at radius 3 is 2.77 bits per heavy atom. The van der Waals surface area contributed by atoms with Gasteiger partial charge < -0.3 is 14.4 Å². The number of esters is 1. The molecule has 26 heavy (non-hydrogen) atoms. The van der Waals surface area contributed by atoms with E-state index in [1.54, 1.807) is 4.57 Å². The molecule has 2 fully saturated rings.